The number of aryl methyl sites for hydroxylation is 1. The quantitative estimate of drug-likeness (QED) is 0.673. The summed E-state index contributed by atoms with van der Waals surface area (Å²) in [5, 5.41) is 1.47. The summed E-state index contributed by atoms with van der Waals surface area (Å²) in [6, 6.07) is 9.03. The first-order valence-electron chi connectivity index (χ1n) is 9.12. The molecule has 0 aliphatic carbocycles. The molecule has 0 spiro atoms. The van der Waals surface area contributed by atoms with Crippen LogP contribution in [0.3, 0.4) is 0 Å². The maximum absolute atomic E-state index is 4.18. The standard InChI is InChI=1S/C22H23N3/c1-15-11-17-3-4-18(16-5-8-23-9-6-16)13-25-21-7-10-24(2)14-20(21)19(12-15)22(17)25/h4-6,8-9,11-12H,3,7,10,13-14H2,1-2H3. The van der Waals surface area contributed by atoms with Crippen molar-refractivity contribution in [2.24, 2.45) is 0 Å². The Balaban J connectivity index is 1.75. The van der Waals surface area contributed by atoms with Crippen LogP contribution in [0.15, 0.2) is 42.7 Å². The van der Waals surface area contributed by atoms with E-state index in [1.165, 1.54) is 33.2 Å². The monoisotopic (exact) mass is 329 g/mol. The van der Waals surface area contributed by atoms with Crippen LogP contribution in [-0.4, -0.2) is 28.0 Å². The van der Waals surface area contributed by atoms with E-state index in [1.54, 1.807) is 11.3 Å². The molecular weight excluding hydrogens is 306 g/mol. The van der Waals surface area contributed by atoms with Gasteiger partial charge in [-0.25, -0.2) is 0 Å². The minimum absolute atomic E-state index is 0.968. The van der Waals surface area contributed by atoms with Gasteiger partial charge in [-0.3, -0.25) is 4.98 Å². The second kappa shape index (κ2) is 5.57. The largest absolute Gasteiger partial charge is 0.340 e. The number of benzene rings is 1. The predicted octanol–water partition coefficient (Wildman–Crippen LogP) is 3.97. The van der Waals surface area contributed by atoms with Gasteiger partial charge in [0.15, 0.2) is 0 Å². The summed E-state index contributed by atoms with van der Waals surface area (Å²) < 4.78 is 2.60. The number of likely N-dealkylation sites (N-methyl/N-ethyl adjacent to an activating group) is 1. The molecular formula is C22H23N3. The van der Waals surface area contributed by atoms with E-state index < -0.39 is 0 Å². The Morgan fingerprint density at radius 3 is 2.76 bits per heavy atom. The molecule has 5 rings (SSSR count). The minimum atomic E-state index is 0.968. The molecule has 0 saturated heterocycles. The van der Waals surface area contributed by atoms with Crippen molar-refractivity contribution in [2.75, 3.05) is 13.6 Å². The minimum Gasteiger partial charge on any atom is -0.340 e. The van der Waals surface area contributed by atoms with E-state index in [1.807, 2.05) is 12.4 Å². The van der Waals surface area contributed by atoms with E-state index in [-0.39, 0.29) is 0 Å². The summed E-state index contributed by atoms with van der Waals surface area (Å²) in [5.41, 5.74) is 10.1. The van der Waals surface area contributed by atoms with Crippen molar-refractivity contribution in [3.8, 4) is 0 Å². The number of fused-ring (bicyclic) bond motifs is 3. The molecule has 126 valence electrons. The van der Waals surface area contributed by atoms with Gasteiger partial charge in [0.05, 0.1) is 5.52 Å². The average Bonchev–Trinajstić information content (AvgIpc) is 2.79. The third kappa shape index (κ3) is 2.34. The molecule has 0 atom stereocenters. The van der Waals surface area contributed by atoms with Crippen molar-refractivity contribution in [3.63, 3.8) is 0 Å². The summed E-state index contributed by atoms with van der Waals surface area (Å²) in [4.78, 5) is 6.63. The van der Waals surface area contributed by atoms with Crippen molar-refractivity contribution in [1.29, 1.82) is 0 Å². The van der Waals surface area contributed by atoms with Gasteiger partial charge in [-0.2, -0.15) is 0 Å². The lowest BCUT2D eigenvalue weighted by Crippen LogP contribution is -2.27. The number of pyridine rings is 1. The Bertz CT molecular complexity index is 995. The van der Waals surface area contributed by atoms with Crippen LogP contribution in [0.2, 0.25) is 0 Å². The highest BCUT2D eigenvalue weighted by atomic mass is 15.1. The summed E-state index contributed by atoms with van der Waals surface area (Å²) in [5.74, 6) is 0. The van der Waals surface area contributed by atoms with Gasteiger partial charge in [0.2, 0.25) is 0 Å². The van der Waals surface area contributed by atoms with E-state index >= 15 is 0 Å². The van der Waals surface area contributed by atoms with Crippen LogP contribution in [0, 0.1) is 6.92 Å². The van der Waals surface area contributed by atoms with Gasteiger partial charge in [-0.05, 0) is 60.9 Å². The smallest absolute Gasteiger partial charge is 0.0524 e. The molecule has 0 saturated carbocycles. The molecule has 0 unspecified atom stereocenters. The molecule has 0 amide bonds. The van der Waals surface area contributed by atoms with Gasteiger partial charge in [-0.15, -0.1) is 0 Å². The number of nitrogens with zero attached hydrogens (tertiary/aromatic N) is 3. The van der Waals surface area contributed by atoms with Gasteiger partial charge in [0, 0.05) is 49.5 Å². The second-order valence-electron chi connectivity index (χ2n) is 7.49. The fourth-order valence-corrected chi connectivity index (χ4v) is 4.54. The van der Waals surface area contributed by atoms with Gasteiger partial charge in [0.25, 0.3) is 0 Å². The molecule has 3 heteroatoms. The van der Waals surface area contributed by atoms with Gasteiger partial charge in [-0.1, -0.05) is 17.7 Å². The Labute approximate surface area is 148 Å². The van der Waals surface area contributed by atoms with Crippen LogP contribution < -0.4 is 0 Å². The first-order valence-corrected chi connectivity index (χ1v) is 9.12. The molecule has 0 radical (unpaired) electrons. The molecule has 4 heterocycles. The van der Waals surface area contributed by atoms with Gasteiger partial charge < -0.3 is 9.47 Å². The second-order valence-corrected chi connectivity index (χ2v) is 7.49. The zero-order chi connectivity index (χ0) is 17.0. The third-order valence-electron chi connectivity index (χ3n) is 5.71. The highest BCUT2D eigenvalue weighted by Crippen LogP contribution is 2.37. The van der Waals surface area contributed by atoms with Crippen molar-refractivity contribution >= 4 is 16.5 Å². The highest BCUT2D eigenvalue weighted by molar-refractivity contribution is 5.91. The number of aromatic nitrogens is 2. The van der Waals surface area contributed by atoms with Crippen molar-refractivity contribution < 1.29 is 0 Å². The van der Waals surface area contributed by atoms with Crippen LogP contribution in [0.25, 0.3) is 16.5 Å². The average molecular weight is 329 g/mol. The van der Waals surface area contributed by atoms with Crippen LogP contribution in [0.5, 0.6) is 0 Å². The maximum atomic E-state index is 4.18. The number of hydrogen-bond acceptors (Lipinski definition) is 2. The summed E-state index contributed by atoms with van der Waals surface area (Å²) >= 11 is 0. The number of rotatable bonds is 1. The lowest BCUT2D eigenvalue weighted by Gasteiger charge is -2.24. The fraction of sp³-hybridized carbons (Fsp3) is 0.318. The molecule has 2 aromatic heterocycles. The first-order chi connectivity index (χ1) is 12.2. The lowest BCUT2D eigenvalue weighted by atomic mass is 9.98. The lowest BCUT2D eigenvalue weighted by molar-refractivity contribution is 0.310. The zero-order valence-corrected chi connectivity index (χ0v) is 14.9. The van der Waals surface area contributed by atoms with Crippen molar-refractivity contribution in [3.05, 3.63) is 70.7 Å². The number of hydrogen-bond donors (Lipinski definition) is 0. The normalized spacial score (nSPS) is 17.3. The molecule has 3 nitrogen and oxygen atoms in total. The van der Waals surface area contributed by atoms with E-state index in [4.69, 9.17) is 0 Å². The predicted molar refractivity (Wildman–Crippen MR) is 103 cm³/mol. The highest BCUT2D eigenvalue weighted by Gasteiger charge is 2.25. The topological polar surface area (TPSA) is 21.1 Å². The Kier molecular flexibility index (Phi) is 3.32. The molecule has 0 fully saturated rings. The van der Waals surface area contributed by atoms with Crippen molar-refractivity contribution in [2.45, 2.75) is 32.9 Å². The molecule has 25 heavy (non-hydrogen) atoms. The Hall–Kier alpha value is -2.39. The van der Waals surface area contributed by atoms with Crippen LogP contribution >= 0.6 is 0 Å². The number of allylic oxidation sites excluding steroid dienone is 2. The summed E-state index contributed by atoms with van der Waals surface area (Å²) in [6.45, 7) is 5.40. The zero-order valence-electron chi connectivity index (χ0n) is 14.9. The molecule has 2 aliphatic heterocycles. The molecule has 3 aromatic rings. The Morgan fingerprint density at radius 1 is 1.08 bits per heavy atom. The van der Waals surface area contributed by atoms with Crippen molar-refractivity contribution in [1.82, 2.24) is 14.5 Å². The van der Waals surface area contributed by atoms with Crippen LogP contribution in [0.4, 0.5) is 0 Å². The molecule has 2 aliphatic rings. The van der Waals surface area contributed by atoms with E-state index in [0.29, 0.717) is 0 Å². The SMILES string of the molecule is Cc1cc2c3c(c1)c1c(n3CC(c3ccncc3)=CC2)CCN(C)C1. The van der Waals surface area contributed by atoms with E-state index in [2.05, 4.69) is 58.8 Å². The Morgan fingerprint density at radius 2 is 1.92 bits per heavy atom. The summed E-state index contributed by atoms with van der Waals surface area (Å²) in [6.07, 6.45) is 8.36. The summed E-state index contributed by atoms with van der Waals surface area (Å²) in [7, 11) is 2.23. The third-order valence-corrected chi connectivity index (χ3v) is 5.71. The van der Waals surface area contributed by atoms with Crippen LogP contribution in [0.1, 0.15) is 27.9 Å². The van der Waals surface area contributed by atoms with E-state index in [0.717, 1.165) is 32.5 Å². The maximum Gasteiger partial charge on any atom is 0.0524 e. The van der Waals surface area contributed by atoms with Gasteiger partial charge in [0.1, 0.15) is 0 Å². The molecule has 1 aromatic carbocycles. The molecule has 0 N–H and O–H groups in total. The fourth-order valence-electron chi connectivity index (χ4n) is 4.54. The van der Waals surface area contributed by atoms with Crippen LogP contribution in [-0.2, 0) is 25.9 Å². The molecule has 0 bridgehead atoms. The first kappa shape index (κ1) is 14.9. The van der Waals surface area contributed by atoms with E-state index in [9.17, 15) is 0 Å². The van der Waals surface area contributed by atoms with Gasteiger partial charge >= 0.3 is 0 Å².